The summed E-state index contributed by atoms with van der Waals surface area (Å²) in [6.07, 6.45) is 8.14. The van der Waals surface area contributed by atoms with Crippen LogP contribution >= 0.6 is 0 Å². The molecule has 3 heterocycles. The van der Waals surface area contributed by atoms with Crippen molar-refractivity contribution in [1.29, 1.82) is 0 Å². The lowest BCUT2D eigenvalue weighted by molar-refractivity contribution is 0.112. The maximum absolute atomic E-state index is 10.9. The van der Waals surface area contributed by atoms with Crippen molar-refractivity contribution in [3.63, 3.8) is 0 Å². The Morgan fingerprint density at radius 3 is 3.16 bits per heavy atom. The average molecular weight is 257 g/mol. The zero-order chi connectivity index (χ0) is 13.2. The van der Waals surface area contributed by atoms with Gasteiger partial charge in [-0.25, -0.2) is 4.98 Å². The lowest BCUT2D eigenvalue weighted by Gasteiger charge is -2.22. The van der Waals surface area contributed by atoms with E-state index in [2.05, 4.69) is 21.2 Å². The quantitative estimate of drug-likeness (QED) is 0.788. The predicted octanol–water partition coefficient (Wildman–Crippen LogP) is 2.17. The zero-order valence-electron chi connectivity index (χ0n) is 11.2. The van der Waals surface area contributed by atoms with Gasteiger partial charge in [0.1, 0.15) is 5.82 Å². The highest BCUT2D eigenvalue weighted by Gasteiger charge is 2.24. The van der Waals surface area contributed by atoms with Gasteiger partial charge in [-0.3, -0.25) is 4.79 Å². The van der Waals surface area contributed by atoms with Crippen LogP contribution in [0.25, 0.3) is 5.52 Å². The molecule has 3 rings (SSSR count). The maximum atomic E-state index is 10.9. The van der Waals surface area contributed by atoms with Crippen molar-refractivity contribution in [1.82, 2.24) is 14.3 Å². The first kappa shape index (κ1) is 12.4. The van der Waals surface area contributed by atoms with Crippen LogP contribution in [-0.2, 0) is 6.42 Å². The molecule has 1 atom stereocenters. The Morgan fingerprint density at radius 1 is 1.47 bits per heavy atom. The number of carbonyl (C=O) groups excluding carboxylic acids is 1. The van der Waals surface area contributed by atoms with Gasteiger partial charge in [-0.1, -0.05) is 6.92 Å². The molecule has 1 fully saturated rings. The van der Waals surface area contributed by atoms with Crippen LogP contribution in [-0.4, -0.2) is 39.7 Å². The topological polar surface area (TPSA) is 37.6 Å². The number of aldehydes is 1. The SMILES string of the molecule is CCN1CCCC1Cc1ncc2ccc(C=O)cn12. The van der Waals surface area contributed by atoms with E-state index in [4.69, 9.17) is 0 Å². The normalized spacial score (nSPS) is 20.2. The van der Waals surface area contributed by atoms with Crippen molar-refractivity contribution in [2.24, 2.45) is 0 Å². The summed E-state index contributed by atoms with van der Waals surface area (Å²) in [6.45, 7) is 4.52. The van der Waals surface area contributed by atoms with Crippen molar-refractivity contribution in [2.45, 2.75) is 32.2 Å². The summed E-state index contributed by atoms with van der Waals surface area (Å²) in [5.41, 5.74) is 1.76. The van der Waals surface area contributed by atoms with Crippen molar-refractivity contribution in [3.8, 4) is 0 Å². The average Bonchev–Trinajstić information content (AvgIpc) is 3.06. The lowest BCUT2D eigenvalue weighted by atomic mass is 10.1. The van der Waals surface area contributed by atoms with E-state index in [1.165, 1.54) is 19.4 Å². The van der Waals surface area contributed by atoms with E-state index in [1.54, 1.807) is 0 Å². The Kier molecular flexibility index (Phi) is 3.34. The third kappa shape index (κ3) is 2.28. The van der Waals surface area contributed by atoms with Crippen LogP contribution in [0.4, 0.5) is 0 Å². The molecule has 4 heteroatoms. The fraction of sp³-hybridized carbons (Fsp3) is 0.467. The van der Waals surface area contributed by atoms with Crippen LogP contribution in [0.1, 0.15) is 35.9 Å². The summed E-state index contributed by atoms with van der Waals surface area (Å²) in [4.78, 5) is 17.9. The number of pyridine rings is 1. The molecule has 2 aromatic rings. The van der Waals surface area contributed by atoms with Gasteiger partial charge < -0.3 is 9.30 Å². The van der Waals surface area contributed by atoms with E-state index in [9.17, 15) is 4.79 Å². The number of imidazole rings is 1. The number of hydrogen-bond donors (Lipinski definition) is 0. The van der Waals surface area contributed by atoms with Crippen molar-refractivity contribution < 1.29 is 4.79 Å². The maximum Gasteiger partial charge on any atom is 0.151 e. The number of aromatic nitrogens is 2. The Labute approximate surface area is 113 Å². The highest BCUT2D eigenvalue weighted by Crippen LogP contribution is 2.21. The molecular weight excluding hydrogens is 238 g/mol. The largest absolute Gasteiger partial charge is 0.303 e. The van der Waals surface area contributed by atoms with Gasteiger partial charge in [-0.2, -0.15) is 0 Å². The Bertz CT molecular complexity index is 590. The number of likely N-dealkylation sites (tertiary alicyclic amines) is 1. The first-order valence-electron chi connectivity index (χ1n) is 6.97. The molecule has 1 saturated heterocycles. The molecule has 1 aliphatic rings. The van der Waals surface area contributed by atoms with Crippen LogP contribution in [0.3, 0.4) is 0 Å². The van der Waals surface area contributed by atoms with Crippen molar-refractivity contribution in [2.75, 3.05) is 13.1 Å². The van der Waals surface area contributed by atoms with Crippen LogP contribution in [0, 0.1) is 0 Å². The fourth-order valence-corrected chi connectivity index (χ4v) is 3.03. The van der Waals surface area contributed by atoms with E-state index in [-0.39, 0.29) is 0 Å². The van der Waals surface area contributed by atoms with Gasteiger partial charge in [0.2, 0.25) is 0 Å². The standard InChI is InChI=1S/C15H19N3O/c1-2-17-7-3-4-13(17)8-15-16-9-14-6-5-12(11-19)10-18(14)15/h5-6,9-11,13H,2-4,7-8H2,1H3. The molecule has 0 bridgehead atoms. The van der Waals surface area contributed by atoms with Gasteiger partial charge >= 0.3 is 0 Å². The third-order valence-electron chi connectivity index (χ3n) is 4.09. The lowest BCUT2D eigenvalue weighted by Crippen LogP contribution is -2.31. The number of hydrogen-bond acceptors (Lipinski definition) is 3. The first-order valence-corrected chi connectivity index (χ1v) is 6.97. The van der Waals surface area contributed by atoms with Gasteiger partial charge in [-0.05, 0) is 38.1 Å². The second-order valence-electron chi connectivity index (χ2n) is 5.18. The van der Waals surface area contributed by atoms with E-state index in [0.717, 1.165) is 30.6 Å². The van der Waals surface area contributed by atoms with Crippen molar-refractivity contribution >= 4 is 11.8 Å². The van der Waals surface area contributed by atoms with Crippen molar-refractivity contribution in [3.05, 3.63) is 35.9 Å². The number of nitrogens with zero attached hydrogens (tertiary/aromatic N) is 3. The summed E-state index contributed by atoms with van der Waals surface area (Å²) < 4.78 is 2.05. The zero-order valence-corrected chi connectivity index (χ0v) is 11.2. The monoisotopic (exact) mass is 257 g/mol. The number of fused-ring (bicyclic) bond motifs is 1. The molecule has 100 valence electrons. The summed E-state index contributed by atoms with van der Waals surface area (Å²) >= 11 is 0. The van der Waals surface area contributed by atoms with Crippen LogP contribution < -0.4 is 0 Å². The second-order valence-corrected chi connectivity index (χ2v) is 5.18. The van der Waals surface area contributed by atoms with Gasteiger partial charge in [-0.15, -0.1) is 0 Å². The minimum atomic E-state index is 0.593. The Balaban J connectivity index is 1.90. The smallest absolute Gasteiger partial charge is 0.151 e. The number of likely N-dealkylation sites (N-methyl/N-ethyl adjacent to an activating group) is 1. The van der Waals surface area contributed by atoms with Crippen LogP contribution in [0.15, 0.2) is 24.5 Å². The van der Waals surface area contributed by atoms with E-state index in [1.807, 2.05) is 24.5 Å². The molecular formula is C15H19N3O. The van der Waals surface area contributed by atoms with Gasteiger partial charge in [0, 0.05) is 24.2 Å². The minimum absolute atomic E-state index is 0.593. The molecule has 4 nitrogen and oxygen atoms in total. The Morgan fingerprint density at radius 2 is 2.37 bits per heavy atom. The number of rotatable bonds is 4. The van der Waals surface area contributed by atoms with Crippen LogP contribution in [0.2, 0.25) is 0 Å². The summed E-state index contributed by atoms with van der Waals surface area (Å²) in [7, 11) is 0. The minimum Gasteiger partial charge on any atom is -0.303 e. The summed E-state index contributed by atoms with van der Waals surface area (Å²) in [5, 5.41) is 0. The molecule has 0 radical (unpaired) electrons. The van der Waals surface area contributed by atoms with Gasteiger partial charge in [0.05, 0.1) is 11.7 Å². The molecule has 1 unspecified atom stereocenters. The van der Waals surface area contributed by atoms with Gasteiger partial charge in [0.25, 0.3) is 0 Å². The molecule has 0 spiro atoms. The van der Waals surface area contributed by atoms with E-state index >= 15 is 0 Å². The van der Waals surface area contributed by atoms with Gasteiger partial charge in [0.15, 0.2) is 6.29 Å². The highest BCUT2D eigenvalue weighted by molar-refractivity contribution is 5.75. The Hall–Kier alpha value is -1.68. The van der Waals surface area contributed by atoms with E-state index < -0.39 is 0 Å². The molecule has 1 aliphatic heterocycles. The molecule has 2 aromatic heterocycles. The summed E-state index contributed by atoms with van der Waals surface area (Å²) in [5.74, 6) is 1.06. The molecule has 0 amide bonds. The van der Waals surface area contributed by atoms with Crippen LogP contribution in [0.5, 0.6) is 0 Å². The number of carbonyl (C=O) groups is 1. The highest BCUT2D eigenvalue weighted by atomic mass is 16.1. The van der Waals surface area contributed by atoms with E-state index in [0.29, 0.717) is 11.6 Å². The second kappa shape index (κ2) is 5.13. The molecule has 19 heavy (non-hydrogen) atoms. The summed E-state index contributed by atoms with van der Waals surface area (Å²) in [6, 6.07) is 4.38. The molecule has 0 aliphatic carbocycles. The molecule has 0 saturated carbocycles. The fourth-order valence-electron chi connectivity index (χ4n) is 3.03. The molecule has 0 aromatic carbocycles. The predicted molar refractivity (Wildman–Crippen MR) is 74.6 cm³/mol. The third-order valence-corrected chi connectivity index (χ3v) is 4.09. The first-order chi connectivity index (χ1) is 9.31. The molecule has 0 N–H and O–H groups in total.